The molecule has 98 valence electrons. The molecule has 0 fully saturated rings. The van der Waals surface area contributed by atoms with Crippen molar-refractivity contribution in [2.24, 2.45) is 0 Å². The first kappa shape index (κ1) is 15.2. The van der Waals surface area contributed by atoms with Gasteiger partial charge in [-0.05, 0) is 24.3 Å². The molecule has 0 radical (unpaired) electrons. The monoisotopic (exact) mass is 383 g/mol. The lowest BCUT2D eigenvalue weighted by molar-refractivity contribution is -0.143. The van der Waals surface area contributed by atoms with E-state index in [0.29, 0.717) is 10.6 Å². The maximum atomic E-state index is 11.7. The van der Waals surface area contributed by atoms with Crippen molar-refractivity contribution in [3.63, 3.8) is 0 Å². The molecular formula is C11H11ClINO4. The summed E-state index contributed by atoms with van der Waals surface area (Å²) in [5, 5.41) is 11.9. The molecule has 0 aliphatic rings. The van der Waals surface area contributed by atoms with Crippen LogP contribution in [-0.2, 0) is 7.86 Å². The summed E-state index contributed by atoms with van der Waals surface area (Å²) in [7, 11) is 0. The smallest absolute Gasteiger partial charge is 0.333 e. The standard InChI is InChI=1S/C11H11ClINO4/c12-8-3-1-7(2-4-8)10(15)14-6-5-9(18-13)11(16)17/h1-4,9H,5-6H2,(H,14,15)(H,16,17). The molecule has 18 heavy (non-hydrogen) atoms. The third kappa shape index (κ3) is 4.79. The van der Waals surface area contributed by atoms with Crippen LogP contribution in [0.1, 0.15) is 16.8 Å². The van der Waals surface area contributed by atoms with Gasteiger partial charge in [0, 0.05) is 23.6 Å². The third-order valence-corrected chi connectivity index (χ3v) is 3.05. The molecule has 1 rings (SSSR count). The highest BCUT2D eigenvalue weighted by atomic mass is 127. The van der Waals surface area contributed by atoms with E-state index in [-0.39, 0.29) is 18.9 Å². The molecule has 0 aromatic heterocycles. The summed E-state index contributed by atoms with van der Waals surface area (Å²) in [6.45, 7) is 0.224. The fourth-order valence-corrected chi connectivity index (χ4v) is 1.82. The van der Waals surface area contributed by atoms with Crippen molar-refractivity contribution in [3.05, 3.63) is 34.9 Å². The average molecular weight is 384 g/mol. The van der Waals surface area contributed by atoms with Crippen molar-refractivity contribution in [2.75, 3.05) is 6.54 Å². The summed E-state index contributed by atoms with van der Waals surface area (Å²) in [4.78, 5) is 22.3. The van der Waals surface area contributed by atoms with Gasteiger partial charge in [0.2, 0.25) is 0 Å². The first-order valence-electron chi connectivity index (χ1n) is 5.08. The molecule has 1 unspecified atom stereocenters. The highest BCUT2D eigenvalue weighted by Crippen LogP contribution is 2.09. The predicted molar refractivity (Wildman–Crippen MR) is 74.9 cm³/mol. The molecule has 1 aromatic carbocycles. The Morgan fingerprint density at radius 3 is 2.50 bits per heavy atom. The van der Waals surface area contributed by atoms with E-state index in [2.05, 4.69) is 5.32 Å². The van der Waals surface area contributed by atoms with Gasteiger partial charge < -0.3 is 13.5 Å². The molecule has 2 N–H and O–H groups in total. The van der Waals surface area contributed by atoms with Gasteiger partial charge >= 0.3 is 5.97 Å². The lowest BCUT2D eigenvalue weighted by Crippen LogP contribution is -2.30. The summed E-state index contributed by atoms with van der Waals surface area (Å²) >= 11 is 7.23. The Hall–Kier alpha value is -0.860. The van der Waals surface area contributed by atoms with Crippen LogP contribution in [0, 0.1) is 0 Å². The number of hydrogen-bond acceptors (Lipinski definition) is 3. The Morgan fingerprint density at radius 2 is 2.00 bits per heavy atom. The zero-order valence-electron chi connectivity index (χ0n) is 9.23. The minimum atomic E-state index is -1.05. The topological polar surface area (TPSA) is 75.6 Å². The minimum Gasteiger partial charge on any atom is -0.479 e. The molecule has 0 aliphatic heterocycles. The van der Waals surface area contributed by atoms with Crippen molar-refractivity contribution in [2.45, 2.75) is 12.5 Å². The van der Waals surface area contributed by atoms with Gasteiger partial charge in [-0.1, -0.05) is 11.6 Å². The fourth-order valence-electron chi connectivity index (χ4n) is 1.23. The Balaban J connectivity index is 2.42. The fraction of sp³-hybridized carbons (Fsp3) is 0.273. The SMILES string of the molecule is O=C(NCCC(OI)C(=O)O)c1ccc(Cl)cc1. The summed E-state index contributed by atoms with van der Waals surface area (Å²) in [5.41, 5.74) is 0.474. The molecule has 7 heteroatoms. The number of amides is 1. The summed E-state index contributed by atoms with van der Waals surface area (Å²) < 4.78 is 4.72. The average Bonchev–Trinajstić information content (AvgIpc) is 2.34. The number of halogens is 2. The van der Waals surface area contributed by atoms with Gasteiger partial charge in [0.15, 0.2) is 6.10 Å². The van der Waals surface area contributed by atoms with Crippen LogP contribution in [0.15, 0.2) is 24.3 Å². The zero-order valence-corrected chi connectivity index (χ0v) is 12.1. The van der Waals surface area contributed by atoms with Crippen LogP contribution >= 0.6 is 34.6 Å². The molecule has 1 aromatic rings. The molecule has 0 spiro atoms. The van der Waals surface area contributed by atoms with Gasteiger partial charge in [-0.25, -0.2) is 4.79 Å². The van der Waals surface area contributed by atoms with Gasteiger partial charge in [0.25, 0.3) is 5.91 Å². The van der Waals surface area contributed by atoms with E-state index in [9.17, 15) is 9.59 Å². The Kier molecular flexibility index (Phi) is 6.37. The number of carbonyl (C=O) groups excluding carboxylic acids is 1. The highest BCUT2D eigenvalue weighted by molar-refractivity contribution is 14.1. The quantitative estimate of drug-likeness (QED) is 0.739. The number of hydrogen-bond donors (Lipinski definition) is 2. The molecule has 1 atom stereocenters. The molecule has 1 amide bonds. The van der Waals surface area contributed by atoms with E-state index in [1.807, 2.05) is 0 Å². The van der Waals surface area contributed by atoms with E-state index in [0.717, 1.165) is 0 Å². The number of benzene rings is 1. The maximum Gasteiger partial charge on any atom is 0.333 e. The second-order valence-corrected chi connectivity index (χ2v) is 4.41. The van der Waals surface area contributed by atoms with Crippen LogP contribution in [-0.4, -0.2) is 29.6 Å². The predicted octanol–water partition coefficient (Wildman–Crippen LogP) is 2.28. The van der Waals surface area contributed by atoms with Crippen LogP contribution in [0.5, 0.6) is 0 Å². The molecule has 0 heterocycles. The van der Waals surface area contributed by atoms with Gasteiger partial charge in [0.05, 0.1) is 0 Å². The van der Waals surface area contributed by atoms with Gasteiger partial charge in [0.1, 0.15) is 23.0 Å². The van der Waals surface area contributed by atoms with Crippen molar-refractivity contribution in [1.82, 2.24) is 5.32 Å². The second-order valence-electron chi connectivity index (χ2n) is 3.47. The van der Waals surface area contributed by atoms with Gasteiger partial charge in [-0.3, -0.25) is 4.79 Å². The normalized spacial score (nSPS) is 11.9. The van der Waals surface area contributed by atoms with Crippen molar-refractivity contribution >= 4 is 46.5 Å². The van der Waals surface area contributed by atoms with Crippen LogP contribution < -0.4 is 5.32 Å². The molecule has 0 saturated heterocycles. The molecular weight excluding hydrogens is 372 g/mol. The van der Waals surface area contributed by atoms with Crippen molar-refractivity contribution in [1.29, 1.82) is 0 Å². The summed E-state index contributed by atoms with van der Waals surface area (Å²) in [6.07, 6.45) is -0.714. The zero-order chi connectivity index (χ0) is 13.5. The number of carboxylic acids is 1. The minimum absolute atomic E-state index is 0.206. The van der Waals surface area contributed by atoms with E-state index >= 15 is 0 Å². The second kappa shape index (κ2) is 7.55. The van der Waals surface area contributed by atoms with Crippen LogP contribution in [0.3, 0.4) is 0 Å². The van der Waals surface area contributed by atoms with Crippen LogP contribution in [0.2, 0.25) is 5.02 Å². The number of aliphatic carboxylic acids is 1. The lowest BCUT2D eigenvalue weighted by Gasteiger charge is -2.09. The Bertz CT molecular complexity index is 424. The number of carbonyl (C=O) groups is 2. The van der Waals surface area contributed by atoms with Crippen LogP contribution in [0.25, 0.3) is 0 Å². The largest absolute Gasteiger partial charge is 0.479 e. The van der Waals surface area contributed by atoms with Gasteiger partial charge in [-0.15, -0.1) is 0 Å². The van der Waals surface area contributed by atoms with E-state index in [4.69, 9.17) is 19.8 Å². The maximum absolute atomic E-state index is 11.7. The van der Waals surface area contributed by atoms with Crippen molar-refractivity contribution < 1.29 is 17.8 Å². The first-order valence-corrected chi connectivity index (χ1v) is 6.34. The number of nitrogens with one attached hydrogen (secondary N) is 1. The Labute approximate surface area is 123 Å². The van der Waals surface area contributed by atoms with Crippen LogP contribution in [0.4, 0.5) is 0 Å². The molecule has 0 aliphatic carbocycles. The molecule has 0 bridgehead atoms. The lowest BCUT2D eigenvalue weighted by atomic mass is 10.2. The summed E-state index contributed by atoms with van der Waals surface area (Å²) in [5.74, 6) is -1.32. The number of carboxylic acid groups (broad SMARTS) is 1. The van der Waals surface area contributed by atoms with Gasteiger partial charge in [-0.2, -0.15) is 0 Å². The highest BCUT2D eigenvalue weighted by Gasteiger charge is 2.17. The van der Waals surface area contributed by atoms with E-state index in [1.165, 1.54) is 23.0 Å². The number of rotatable bonds is 6. The van der Waals surface area contributed by atoms with E-state index in [1.54, 1.807) is 24.3 Å². The Morgan fingerprint density at radius 1 is 1.39 bits per heavy atom. The first-order chi connectivity index (χ1) is 8.54. The van der Waals surface area contributed by atoms with E-state index < -0.39 is 12.1 Å². The molecule has 5 nitrogen and oxygen atoms in total. The van der Waals surface area contributed by atoms with Crippen molar-refractivity contribution in [3.8, 4) is 0 Å². The molecule has 0 saturated carbocycles. The third-order valence-electron chi connectivity index (χ3n) is 2.18. The summed E-state index contributed by atoms with van der Waals surface area (Å²) in [6, 6.07) is 6.43.